The second kappa shape index (κ2) is 0.941. The van der Waals surface area contributed by atoms with Crippen molar-refractivity contribution in [1.82, 2.24) is 10.6 Å². The summed E-state index contributed by atoms with van der Waals surface area (Å²) in [5, 5.41) is 6.49. The zero-order valence-corrected chi connectivity index (χ0v) is 4.07. The summed E-state index contributed by atoms with van der Waals surface area (Å²) in [4.78, 5) is 0. The summed E-state index contributed by atoms with van der Waals surface area (Å²) in [5.74, 6) is 0. The summed E-state index contributed by atoms with van der Waals surface area (Å²) in [6.45, 7) is 1.13. The molecule has 0 radical (unpaired) electrons. The van der Waals surface area contributed by atoms with Crippen LogP contribution in [0.5, 0.6) is 0 Å². The Hall–Kier alpha value is -0.660. The first-order chi connectivity index (χ1) is 3.45. The molecule has 2 aliphatic heterocycles. The van der Waals surface area contributed by atoms with Crippen LogP contribution in [0, 0.1) is 0 Å². The lowest BCUT2D eigenvalue weighted by molar-refractivity contribution is 0.646. The minimum atomic E-state index is 0.718. The maximum absolute atomic E-state index is 3.25. The van der Waals surface area contributed by atoms with Gasteiger partial charge in [0, 0.05) is 30.9 Å². The third-order valence-electron chi connectivity index (χ3n) is 1.54. The lowest BCUT2D eigenvalue weighted by Crippen LogP contribution is -2.28. The quantitative estimate of drug-likeness (QED) is 0.436. The molecule has 1 atom stereocenters. The van der Waals surface area contributed by atoms with Gasteiger partial charge in [0.05, 0.1) is 0 Å². The third-order valence-corrected chi connectivity index (χ3v) is 1.54. The van der Waals surface area contributed by atoms with Crippen LogP contribution in [0.3, 0.4) is 0 Å². The SMILES string of the molecule is C1=C2CC(CN2)N1. The van der Waals surface area contributed by atoms with Crippen molar-refractivity contribution >= 4 is 0 Å². The first kappa shape index (κ1) is 3.36. The van der Waals surface area contributed by atoms with Crippen molar-refractivity contribution in [3.05, 3.63) is 11.9 Å². The fraction of sp³-hybridized carbons (Fsp3) is 0.600. The van der Waals surface area contributed by atoms with Crippen LogP contribution in [-0.4, -0.2) is 12.6 Å². The molecule has 0 saturated carbocycles. The van der Waals surface area contributed by atoms with Crippen molar-refractivity contribution in [2.24, 2.45) is 0 Å². The van der Waals surface area contributed by atoms with E-state index >= 15 is 0 Å². The smallest absolute Gasteiger partial charge is 0.0484 e. The predicted octanol–water partition coefficient (Wildman–Crippen LogP) is -0.207. The van der Waals surface area contributed by atoms with Crippen molar-refractivity contribution in [2.45, 2.75) is 12.5 Å². The normalized spacial score (nSPS) is 34.3. The number of fused-ring (bicyclic) bond motifs is 2. The van der Waals surface area contributed by atoms with E-state index in [1.165, 1.54) is 12.1 Å². The van der Waals surface area contributed by atoms with E-state index in [1.54, 1.807) is 0 Å². The molecule has 2 aliphatic rings. The first-order valence-electron chi connectivity index (χ1n) is 2.64. The van der Waals surface area contributed by atoms with Crippen LogP contribution in [0.1, 0.15) is 6.42 Å². The summed E-state index contributed by atoms with van der Waals surface area (Å²) in [6.07, 6.45) is 3.29. The Morgan fingerprint density at radius 3 is 2.86 bits per heavy atom. The van der Waals surface area contributed by atoms with Gasteiger partial charge >= 0.3 is 0 Å². The van der Waals surface area contributed by atoms with Gasteiger partial charge in [-0.3, -0.25) is 0 Å². The van der Waals surface area contributed by atoms with E-state index in [4.69, 9.17) is 0 Å². The van der Waals surface area contributed by atoms with Crippen LogP contribution in [0.15, 0.2) is 11.9 Å². The predicted molar refractivity (Wildman–Crippen MR) is 27.6 cm³/mol. The van der Waals surface area contributed by atoms with Crippen LogP contribution in [0.2, 0.25) is 0 Å². The van der Waals surface area contributed by atoms with E-state index in [2.05, 4.69) is 16.8 Å². The molecule has 0 aromatic carbocycles. The van der Waals surface area contributed by atoms with E-state index in [1.807, 2.05) is 0 Å². The lowest BCUT2D eigenvalue weighted by Gasteiger charge is -2.05. The summed E-state index contributed by atoms with van der Waals surface area (Å²) >= 11 is 0. The summed E-state index contributed by atoms with van der Waals surface area (Å²) in [5.41, 5.74) is 1.38. The number of hydrogen-bond acceptors (Lipinski definition) is 2. The van der Waals surface area contributed by atoms with E-state index in [0.717, 1.165) is 12.6 Å². The van der Waals surface area contributed by atoms with Gasteiger partial charge in [-0.15, -0.1) is 0 Å². The second-order valence-electron chi connectivity index (χ2n) is 2.12. The molecular formula is C5H8N2. The minimum Gasteiger partial charge on any atom is -0.385 e. The average molecular weight is 96.1 g/mol. The Balaban J connectivity index is 2.30. The number of rotatable bonds is 0. The van der Waals surface area contributed by atoms with Crippen LogP contribution in [0.25, 0.3) is 0 Å². The molecule has 0 aromatic heterocycles. The van der Waals surface area contributed by atoms with Gasteiger partial charge in [-0.25, -0.2) is 0 Å². The third kappa shape index (κ3) is 0.335. The zero-order valence-electron chi connectivity index (χ0n) is 4.07. The molecule has 0 aliphatic carbocycles. The highest BCUT2D eigenvalue weighted by Crippen LogP contribution is 2.14. The monoisotopic (exact) mass is 96.1 g/mol. The van der Waals surface area contributed by atoms with Crippen LogP contribution >= 0.6 is 0 Å². The molecule has 2 rings (SSSR count). The highest BCUT2D eigenvalue weighted by Gasteiger charge is 2.21. The topological polar surface area (TPSA) is 24.1 Å². The van der Waals surface area contributed by atoms with Crippen LogP contribution in [-0.2, 0) is 0 Å². The summed E-state index contributed by atoms with van der Waals surface area (Å²) in [6, 6.07) is 0.718. The van der Waals surface area contributed by atoms with E-state index in [9.17, 15) is 0 Å². The van der Waals surface area contributed by atoms with Crippen LogP contribution in [0.4, 0.5) is 0 Å². The van der Waals surface area contributed by atoms with E-state index < -0.39 is 0 Å². The minimum absolute atomic E-state index is 0.718. The van der Waals surface area contributed by atoms with Crippen molar-refractivity contribution in [3.8, 4) is 0 Å². The Morgan fingerprint density at radius 2 is 2.71 bits per heavy atom. The molecular weight excluding hydrogens is 88.1 g/mol. The lowest BCUT2D eigenvalue weighted by atomic mass is 10.3. The second-order valence-corrected chi connectivity index (χ2v) is 2.12. The summed E-state index contributed by atoms with van der Waals surface area (Å²) in [7, 11) is 0. The molecule has 2 nitrogen and oxygen atoms in total. The van der Waals surface area contributed by atoms with Gasteiger partial charge in [-0.05, 0) is 0 Å². The Labute approximate surface area is 42.6 Å². The van der Waals surface area contributed by atoms with E-state index in [0.29, 0.717) is 0 Å². The zero-order chi connectivity index (χ0) is 4.69. The van der Waals surface area contributed by atoms with Gasteiger partial charge in [0.1, 0.15) is 0 Å². The van der Waals surface area contributed by atoms with Gasteiger partial charge in [0.15, 0.2) is 0 Å². The van der Waals surface area contributed by atoms with Gasteiger partial charge < -0.3 is 10.6 Å². The van der Waals surface area contributed by atoms with E-state index in [-0.39, 0.29) is 0 Å². The maximum atomic E-state index is 3.25. The number of hydrogen-bond donors (Lipinski definition) is 2. The molecule has 7 heavy (non-hydrogen) atoms. The molecule has 2 bridgehead atoms. The molecule has 1 saturated heterocycles. The van der Waals surface area contributed by atoms with Gasteiger partial charge in [0.2, 0.25) is 0 Å². The summed E-state index contributed by atoms with van der Waals surface area (Å²) < 4.78 is 0. The van der Waals surface area contributed by atoms with Gasteiger partial charge in [-0.2, -0.15) is 0 Å². The average Bonchev–Trinajstić information content (AvgIpc) is 2.22. The Morgan fingerprint density at radius 1 is 1.71 bits per heavy atom. The van der Waals surface area contributed by atoms with Crippen molar-refractivity contribution in [2.75, 3.05) is 6.54 Å². The van der Waals surface area contributed by atoms with Gasteiger partial charge in [-0.1, -0.05) is 0 Å². The Bertz CT molecular complexity index is 117. The molecule has 1 fully saturated rings. The standard InChI is InChI=1S/C5H8N2/c1-4-2-6-5(1)3-7-4/h2,5-7H,1,3H2. The highest BCUT2D eigenvalue weighted by atomic mass is 15.1. The Kier molecular flexibility index (Phi) is 0.451. The fourth-order valence-corrected chi connectivity index (χ4v) is 1.11. The molecule has 2 N–H and O–H groups in total. The highest BCUT2D eigenvalue weighted by molar-refractivity contribution is 5.15. The molecule has 38 valence electrons. The number of nitrogens with one attached hydrogen (secondary N) is 2. The molecule has 0 aromatic rings. The van der Waals surface area contributed by atoms with Crippen LogP contribution < -0.4 is 10.6 Å². The molecule has 2 heteroatoms. The molecule has 2 heterocycles. The van der Waals surface area contributed by atoms with Crippen molar-refractivity contribution in [1.29, 1.82) is 0 Å². The molecule has 0 amide bonds. The molecule has 1 unspecified atom stereocenters. The fourth-order valence-electron chi connectivity index (χ4n) is 1.11. The molecule has 0 spiro atoms. The largest absolute Gasteiger partial charge is 0.385 e. The van der Waals surface area contributed by atoms with Crippen molar-refractivity contribution in [3.63, 3.8) is 0 Å². The van der Waals surface area contributed by atoms with Gasteiger partial charge in [0.25, 0.3) is 0 Å². The first-order valence-corrected chi connectivity index (χ1v) is 2.64. The van der Waals surface area contributed by atoms with Crippen molar-refractivity contribution < 1.29 is 0 Å². The maximum Gasteiger partial charge on any atom is 0.0484 e.